The molecule has 0 aliphatic carbocycles. The lowest BCUT2D eigenvalue weighted by molar-refractivity contribution is 0.628. The van der Waals surface area contributed by atoms with Gasteiger partial charge in [0.05, 0.1) is 11.6 Å². The Hall–Kier alpha value is -1.61. The number of halogens is 2. The Balaban J connectivity index is 2.35. The highest BCUT2D eigenvalue weighted by Crippen LogP contribution is 2.25. The minimum absolute atomic E-state index is 0.231. The van der Waals surface area contributed by atoms with Crippen LogP contribution in [0.5, 0.6) is 0 Å². The molecule has 1 heterocycles. The van der Waals surface area contributed by atoms with E-state index < -0.39 is 0 Å². The van der Waals surface area contributed by atoms with E-state index in [0.717, 1.165) is 23.6 Å². The summed E-state index contributed by atoms with van der Waals surface area (Å²) in [5, 5.41) is 0. The van der Waals surface area contributed by atoms with E-state index in [0.29, 0.717) is 5.88 Å². The second-order valence-corrected chi connectivity index (χ2v) is 4.13. The zero-order valence-electron chi connectivity index (χ0n) is 10.1. The van der Waals surface area contributed by atoms with Gasteiger partial charge in [-0.3, -0.25) is 4.98 Å². The Kier molecular flexibility index (Phi) is 4.15. The third kappa shape index (κ3) is 2.79. The largest absolute Gasteiger partial charge is 0.342 e. The van der Waals surface area contributed by atoms with Gasteiger partial charge >= 0.3 is 0 Å². The van der Waals surface area contributed by atoms with Crippen LogP contribution in [0, 0.1) is 5.82 Å². The van der Waals surface area contributed by atoms with Gasteiger partial charge in [-0.1, -0.05) is 0 Å². The number of pyridine rings is 1. The first kappa shape index (κ1) is 12.8. The molecule has 0 bridgehead atoms. The Morgan fingerprint density at radius 3 is 2.50 bits per heavy atom. The van der Waals surface area contributed by atoms with Gasteiger partial charge < -0.3 is 4.90 Å². The lowest BCUT2D eigenvalue weighted by Crippen LogP contribution is -2.16. The SMILES string of the molecule is CCN(c1ccc(F)cc1)c1ccnc(CCl)c1. The van der Waals surface area contributed by atoms with Gasteiger partial charge in [0.15, 0.2) is 0 Å². The number of nitrogens with zero attached hydrogens (tertiary/aromatic N) is 2. The summed E-state index contributed by atoms with van der Waals surface area (Å²) in [6.45, 7) is 2.83. The Morgan fingerprint density at radius 1 is 1.17 bits per heavy atom. The standard InChI is InChI=1S/C14H14ClFN2/c1-2-18(13-5-3-11(16)4-6-13)14-7-8-17-12(9-14)10-15/h3-9H,2,10H2,1H3. The average Bonchev–Trinajstić information content (AvgIpc) is 2.42. The molecule has 0 spiro atoms. The number of aromatic nitrogens is 1. The highest BCUT2D eigenvalue weighted by atomic mass is 35.5. The maximum atomic E-state index is 12.9. The van der Waals surface area contributed by atoms with Crippen LogP contribution in [0.3, 0.4) is 0 Å². The molecule has 2 aromatic rings. The zero-order chi connectivity index (χ0) is 13.0. The zero-order valence-corrected chi connectivity index (χ0v) is 10.9. The Morgan fingerprint density at radius 2 is 1.89 bits per heavy atom. The molecular weight excluding hydrogens is 251 g/mol. The van der Waals surface area contributed by atoms with Crippen molar-refractivity contribution in [3.8, 4) is 0 Å². The number of benzene rings is 1. The van der Waals surface area contributed by atoms with Crippen LogP contribution >= 0.6 is 11.6 Å². The van der Waals surface area contributed by atoms with Crippen molar-refractivity contribution < 1.29 is 4.39 Å². The topological polar surface area (TPSA) is 16.1 Å². The first-order valence-corrected chi connectivity index (χ1v) is 6.32. The predicted molar refractivity (Wildman–Crippen MR) is 72.9 cm³/mol. The van der Waals surface area contributed by atoms with Gasteiger partial charge in [0.1, 0.15) is 5.82 Å². The summed E-state index contributed by atoms with van der Waals surface area (Å²) >= 11 is 5.78. The number of anilines is 2. The van der Waals surface area contributed by atoms with Gasteiger partial charge in [-0.25, -0.2) is 4.39 Å². The summed E-state index contributed by atoms with van der Waals surface area (Å²) in [5.74, 6) is 0.153. The van der Waals surface area contributed by atoms with Crippen LogP contribution in [-0.2, 0) is 5.88 Å². The molecular formula is C14H14ClFN2. The minimum Gasteiger partial charge on any atom is -0.342 e. The van der Waals surface area contributed by atoms with Gasteiger partial charge in [0.2, 0.25) is 0 Å². The molecule has 0 amide bonds. The van der Waals surface area contributed by atoms with Crippen molar-refractivity contribution in [1.29, 1.82) is 0 Å². The van der Waals surface area contributed by atoms with E-state index in [2.05, 4.69) is 9.88 Å². The molecule has 0 aliphatic heterocycles. The van der Waals surface area contributed by atoms with Crippen LogP contribution < -0.4 is 4.90 Å². The highest BCUT2D eigenvalue weighted by Gasteiger charge is 2.08. The smallest absolute Gasteiger partial charge is 0.123 e. The first-order valence-electron chi connectivity index (χ1n) is 5.78. The van der Waals surface area contributed by atoms with Crippen molar-refractivity contribution in [3.05, 3.63) is 54.1 Å². The molecule has 0 radical (unpaired) electrons. The van der Waals surface area contributed by atoms with Crippen LogP contribution in [0.25, 0.3) is 0 Å². The van der Waals surface area contributed by atoms with E-state index in [1.54, 1.807) is 18.3 Å². The second-order valence-electron chi connectivity index (χ2n) is 3.86. The van der Waals surface area contributed by atoms with Crippen molar-refractivity contribution in [2.24, 2.45) is 0 Å². The molecule has 18 heavy (non-hydrogen) atoms. The molecule has 0 atom stereocenters. The van der Waals surface area contributed by atoms with Crippen LogP contribution in [0.2, 0.25) is 0 Å². The average molecular weight is 265 g/mol. The van der Waals surface area contributed by atoms with E-state index in [4.69, 9.17) is 11.6 Å². The highest BCUT2D eigenvalue weighted by molar-refractivity contribution is 6.16. The summed E-state index contributed by atoms with van der Waals surface area (Å²) in [7, 11) is 0. The number of rotatable bonds is 4. The van der Waals surface area contributed by atoms with Crippen molar-refractivity contribution in [1.82, 2.24) is 4.98 Å². The van der Waals surface area contributed by atoms with Crippen molar-refractivity contribution in [2.75, 3.05) is 11.4 Å². The first-order chi connectivity index (χ1) is 8.74. The molecule has 4 heteroatoms. The van der Waals surface area contributed by atoms with Crippen LogP contribution in [0.1, 0.15) is 12.6 Å². The fourth-order valence-electron chi connectivity index (χ4n) is 1.84. The summed E-state index contributed by atoms with van der Waals surface area (Å²) in [6, 6.07) is 10.3. The van der Waals surface area contributed by atoms with E-state index in [1.165, 1.54) is 12.1 Å². The van der Waals surface area contributed by atoms with Crippen molar-refractivity contribution in [2.45, 2.75) is 12.8 Å². The summed E-state index contributed by atoms with van der Waals surface area (Å²) in [5.41, 5.74) is 2.79. The van der Waals surface area contributed by atoms with Crippen LogP contribution in [0.4, 0.5) is 15.8 Å². The predicted octanol–water partition coefficient (Wildman–Crippen LogP) is 4.12. The molecule has 2 rings (SSSR count). The number of hydrogen-bond acceptors (Lipinski definition) is 2. The van der Waals surface area contributed by atoms with Gasteiger partial charge in [-0.2, -0.15) is 0 Å². The lowest BCUT2D eigenvalue weighted by atomic mass is 10.2. The van der Waals surface area contributed by atoms with Crippen molar-refractivity contribution >= 4 is 23.0 Å². The summed E-state index contributed by atoms with van der Waals surface area (Å²) < 4.78 is 12.9. The third-order valence-electron chi connectivity index (χ3n) is 2.70. The Labute approximate surface area is 111 Å². The Bertz CT molecular complexity index is 513. The molecule has 0 unspecified atom stereocenters. The second kappa shape index (κ2) is 5.83. The molecule has 0 saturated heterocycles. The van der Waals surface area contributed by atoms with E-state index in [9.17, 15) is 4.39 Å². The quantitative estimate of drug-likeness (QED) is 0.773. The normalized spacial score (nSPS) is 10.4. The van der Waals surface area contributed by atoms with Gasteiger partial charge in [0.25, 0.3) is 0 Å². The minimum atomic E-state index is -0.231. The fourth-order valence-corrected chi connectivity index (χ4v) is 1.99. The summed E-state index contributed by atoms with van der Waals surface area (Å²) in [6.07, 6.45) is 1.74. The number of hydrogen-bond donors (Lipinski definition) is 0. The van der Waals surface area contributed by atoms with Gasteiger partial charge in [-0.15, -0.1) is 11.6 Å². The van der Waals surface area contributed by atoms with Crippen LogP contribution in [-0.4, -0.2) is 11.5 Å². The molecule has 1 aromatic carbocycles. The molecule has 0 saturated carbocycles. The molecule has 0 fully saturated rings. The fraction of sp³-hybridized carbons (Fsp3) is 0.214. The maximum Gasteiger partial charge on any atom is 0.123 e. The lowest BCUT2D eigenvalue weighted by Gasteiger charge is -2.23. The van der Waals surface area contributed by atoms with E-state index >= 15 is 0 Å². The molecule has 2 nitrogen and oxygen atoms in total. The van der Waals surface area contributed by atoms with E-state index in [1.807, 2.05) is 19.1 Å². The molecule has 0 aliphatic rings. The maximum absolute atomic E-state index is 12.9. The monoisotopic (exact) mass is 264 g/mol. The van der Waals surface area contributed by atoms with Crippen LogP contribution in [0.15, 0.2) is 42.6 Å². The van der Waals surface area contributed by atoms with E-state index in [-0.39, 0.29) is 5.82 Å². The number of alkyl halides is 1. The molecule has 0 N–H and O–H groups in total. The molecule has 1 aromatic heterocycles. The third-order valence-corrected chi connectivity index (χ3v) is 2.98. The summed E-state index contributed by atoms with van der Waals surface area (Å²) in [4.78, 5) is 6.24. The van der Waals surface area contributed by atoms with Gasteiger partial charge in [-0.05, 0) is 43.3 Å². The van der Waals surface area contributed by atoms with Crippen molar-refractivity contribution in [3.63, 3.8) is 0 Å². The molecule has 94 valence electrons. The van der Waals surface area contributed by atoms with Gasteiger partial charge in [0, 0.05) is 24.1 Å².